The van der Waals surface area contributed by atoms with Gasteiger partial charge in [0.1, 0.15) is 0 Å². The number of amides is 1. The minimum absolute atomic E-state index is 0.0256. The molecule has 5 nitrogen and oxygen atoms in total. The number of carboxylic acids is 1. The third kappa shape index (κ3) is 2.69. The van der Waals surface area contributed by atoms with Gasteiger partial charge in [-0.2, -0.15) is 0 Å². The summed E-state index contributed by atoms with van der Waals surface area (Å²) >= 11 is 0. The van der Waals surface area contributed by atoms with Gasteiger partial charge in [-0.15, -0.1) is 0 Å². The van der Waals surface area contributed by atoms with E-state index in [1.807, 2.05) is 0 Å². The minimum atomic E-state index is -1.49. The van der Waals surface area contributed by atoms with E-state index >= 15 is 0 Å². The predicted molar refractivity (Wildman–Crippen MR) is 59.8 cm³/mol. The van der Waals surface area contributed by atoms with Crippen molar-refractivity contribution in [2.45, 2.75) is 12.8 Å². The molecule has 0 saturated heterocycles. The zero-order valence-electron chi connectivity index (χ0n) is 8.97. The molecule has 0 bridgehead atoms. The number of carbonyl (C=O) groups excluding carboxylic acids is 2. The average molecular weight is 233 g/mol. The first-order chi connectivity index (χ1) is 8.08. The molecule has 17 heavy (non-hydrogen) atoms. The van der Waals surface area contributed by atoms with Crippen LogP contribution in [0.4, 0.5) is 5.69 Å². The van der Waals surface area contributed by atoms with Crippen molar-refractivity contribution in [3.8, 4) is 0 Å². The van der Waals surface area contributed by atoms with Crippen LogP contribution in [0.3, 0.4) is 0 Å². The number of Topliss-reactive ketones (excluding diaryl/α,β-unsaturated/α-hetero) is 1. The number of rotatable bonds is 4. The van der Waals surface area contributed by atoms with Crippen LogP contribution in [0.1, 0.15) is 23.2 Å². The SMILES string of the molecule is O=C(O)C(=O)c1ccc(NC(=O)C2CC2)cc1. The van der Waals surface area contributed by atoms with Crippen molar-refractivity contribution >= 4 is 23.3 Å². The van der Waals surface area contributed by atoms with Gasteiger partial charge in [0, 0.05) is 17.2 Å². The van der Waals surface area contributed by atoms with Crippen molar-refractivity contribution in [2.75, 3.05) is 5.32 Å². The summed E-state index contributed by atoms with van der Waals surface area (Å²) in [6.45, 7) is 0. The molecule has 1 aromatic rings. The largest absolute Gasteiger partial charge is 0.475 e. The maximum Gasteiger partial charge on any atom is 0.377 e. The van der Waals surface area contributed by atoms with Gasteiger partial charge < -0.3 is 10.4 Å². The fourth-order valence-electron chi connectivity index (χ4n) is 1.42. The summed E-state index contributed by atoms with van der Waals surface area (Å²) in [5.41, 5.74) is 0.672. The number of aliphatic carboxylic acids is 1. The van der Waals surface area contributed by atoms with E-state index in [0.29, 0.717) is 5.69 Å². The molecule has 88 valence electrons. The van der Waals surface area contributed by atoms with Gasteiger partial charge in [0.25, 0.3) is 5.78 Å². The van der Waals surface area contributed by atoms with Crippen molar-refractivity contribution in [3.63, 3.8) is 0 Å². The molecule has 1 aromatic carbocycles. The molecular formula is C12H11NO4. The minimum Gasteiger partial charge on any atom is -0.475 e. The summed E-state index contributed by atoms with van der Waals surface area (Å²) in [4.78, 5) is 33.0. The number of benzene rings is 1. The Morgan fingerprint density at radius 2 is 1.71 bits per heavy atom. The van der Waals surface area contributed by atoms with Crippen LogP contribution in [-0.2, 0) is 9.59 Å². The van der Waals surface area contributed by atoms with Crippen LogP contribution in [0.25, 0.3) is 0 Å². The molecule has 1 fully saturated rings. The molecule has 0 atom stereocenters. The molecule has 0 aliphatic heterocycles. The molecule has 2 N–H and O–H groups in total. The lowest BCUT2D eigenvalue weighted by molar-refractivity contribution is -0.131. The molecule has 0 spiro atoms. The second kappa shape index (κ2) is 4.37. The van der Waals surface area contributed by atoms with Crippen LogP contribution in [0, 0.1) is 5.92 Å². The molecule has 0 heterocycles. The number of carboxylic acid groups (broad SMARTS) is 1. The number of nitrogens with one attached hydrogen (secondary N) is 1. The Balaban J connectivity index is 2.04. The summed E-state index contributed by atoms with van der Waals surface area (Å²) in [5.74, 6) is -2.36. The molecule has 1 saturated carbocycles. The van der Waals surface area contributed by atoms with E-state index in [-0.39, 0.29) is 17.4 Å². The molecule has 0 unspecified atom stereocenters. The van der Waals surface area contributed by atoms with Gasteiger partial charge in [0.15, 0.2) is 0 Å². The Morgan fingerprint density at radius 3 is 2.18 bits per heavy atom. The highest BCUT2D eigenvalue weighted by Crippen LogP contribution is 2.30. The monoisotopic (exact) mass is 233 g/mol. The Hall–Kier alpha value is -2.17. The molecule has 2 rings (SSSR count). The van der Waals surface area contributed by atoms with Gasteiger partial charge in [0.05, 0.1) is 0 Å². The Morgan fingerprint density at radius 1 is 1.12 bits per heavy atom. The van der Waals surface area contributed by atoms with Crippen molar-refractivity contribution in [1.29, 1.82) is 0 Å². The molecule has 1 amide bonds. The van der Waals surface area contributed by atoms with E-state index in [1.165, 1.54) is 24.3 Å². The van der Waals surface area contributed by atoms with Gasteiger partial charge in [-0.05, 0) is 37.1 Å². The first-order valence-corrected chi connectivity index (χ1v) is 5.26. The lowest BCUT2D eigenvalue weighted by Crippen LogP contribution is -2.14. The molecule has 1 aliphatic rings. The smallest absolute Gasteiger partial charge is 0.377 e. The van der Waals surface area contributed by atoms with E-state index in [0.717, 1.165) is 12.8 Å². The van der Waals surface area contributed by atoms with Gasteiger partial charge in [-0.25, -0.2) is 4.79 Å². The van der Waals surface area contributed by atoms with Crippen molar-refractivity contribution in [2.24, 2.45) is 5.92 Å². The fraction of sp³-hybridized carbons (Fsp3) is 0.250. The summed E-state index contributed by atoms with van der Waals surface area (Å²) in [6, 6.07) is 5.82. The maximum atomic E-state index is 11.4. The standard InChI is InChI=1S/C12H11NO4/c14-10(12(16)17)7-3-5-9(6-4-7)13-11(15)8-1-2-8/h3-6,8H,1-2H2,(H,13,15)(H,16,17). The normalized spacial score (nSPS) is 14.1. The summed E-state index contributed by atoms with van der Waals surface area (Å²) < 4.78 is 0. The van der Waals surface area contributed by atoms with Crippen LogP contribution < -0.4 is 5.32 Å². The lowest BCUT2D eigenvalue weighted by Gasteiger charge is -2.04. The molecular weight excluding hydrogens is 222 g/mol. The predicted octanol–water partition coefficient (Wildman–Crippen LogP) is 1.30. The zero-order valence-corrected chi connectivity index (χ0v) is 8.97. The highest BCUT2D eigenvalue weighted by Gasteiger charge is 2.29. The molecule has 1 aliphatic carbocycles. The number of ketones is 1. The van der Waals surface area contributed by atoms with Crippen LogP contribution in [0.2, 0.25) is 0 Å². The Kier molecular flexibility index (Phi) is 2.91. The van der Waals surface area contributed by atoms with Crippen LogP contribution >= 0.6 is 0 Å². The highest BCUT2D eigenvalue weighted by atomic mass is 16.4. The third-order valence-corrected chi connectivity index (χ3v) is 2.56. The summed E-state index contributed by atoms with van der Waals surface area (Å²) in [6.07, 6.45) is 1.84. The Labute approximate surface area is 97.4 Å². The number of hydrogen-bond acceptors (Lipinski definition) is 3. The number of carbonyl (C=O) groups is 3. The van der Waals surface area contributed by atoms with Crippen LogP contribution in [0.15, 0.2) is 24.3 Å². The quantitative estimate of drug-likeness (QED) is 0.606. The van der Waals surface area contributed by atoms with E-state index in [2.05, 4.69) is 5.32 Å². The maximum absolute atomic E-state index is 11.4. The van der Waals surface area contributed by atoms with Crippen molar-refractivity contribution in [3.05, 3.63) is 29.8 Å². The fourth-order valence-corrected chi connectivity index (χ4v) is 1.42. The number of hydrogen-bond donors (Lipinski definition) is 2. The van der Waals surface area contributed by atoms with Crippen LogP contribution in [-0.4, -0.2) is 22.8 Å². The van der Waals surface area contributed by atoms with E-state index < -0.39 is 11.8 Å². The van der Waals surface area contributed by atoms with Gasteiger partial charge in [0.2, 0.25) is 5.91 Å². The Bertz CT molecular complexity index is 474. The summed E-state index contributed by atoms with van der Waals surface area (Å²) in [5, 5.41) is 11.2. The van der Waals surface area contributed by atoms with E-state index in [1.54, 1.807) is 0 Å². The second-order valence-corrected chi connectivity index (χ2v) is 3.98. The van der Waals surface area contributed by atoms with Gasteiger partial charge >= 0.3 is 5.97 Å². The topological polar surface area (TPSA) is 83.5 Å². The zero-order chi connectivity index (χ0) is 12.4. The van der Waals surface area contributed by atoms with E-state index in [4.69, 9.17) is 5.11 Å². The lowest BCUT2D eigenvalue weighted by atomic mass is 10.1. The second-order valence-electron chi connectivity index (χ2n) is 3.98. The third-order valence-electron chi connectivity index (χ3n) is 2.56. The first kappa shape index (κ1) is 11.3. The van der Waals surface area contributed by atoms with Gasteiger partial charge in [-0.1, -0.05) is 0 Å². The van der Waals surface area contributed by atoms with Crippen molar-refractivity contribution < 1.29 is 19.5 Å². The molecule has 0 aromatic heterocycles. The number of anilines is 1. The van der Waals surface area contributed by atoms with Crippen LogP contribution in [0.5, 0.6) is 0 Å². The first-order valence-electron chi connectivity index (χ1n) is 5.26. The van der Waals surface area contributed by atoms with Gasteiger partial charge in [-0.3, -0.25) is 9.59 Å². The van der Waals surface area contributed by atoms with Crippen molar-refractivity contribution in [1.82, 2.24) is 0 Å². The molecule has 5 heteroatoms. The highest BCUT2D eigenvalue weighted by molar-refractivity contribution is 6.39. The molecule has 0 radical (unpaired) electrons. The van der Waals surface area contributed by atoms with E-state index in [9.17, 15) is 14.4 Å². The summed E-state index contributed by atoms with van der Waals surface area (Å²) in [7, 11) is 0. The average Bonchev–Trinajstić information content (AvgIpc) is 3.12.